The normalized spacial score (nSPS) is 11.2. The number of ether oxygens (including phenoxy) is 1. The minimum Gasteiger partial charge on any atom is -0.469 e. The molecule has 5 heteroatoms. The molecule has 0 aliphatic heterocycles. The summed E-state index contributed by atoms with van der Waals surface area (Å²) < 4.78 is 4.64. The molecule has 0 unspecified atom stereocenters. The number of hydrogen-bond donors (Lipinski definition) is 2. The van der Waals surface area contributed by atoms with E-state index in [1.165, 1.54) is 18.2 Å². The molecule has 0 amide bonds. The third-order valence-corrected chi connectivity index (χ3v) is 3.69. The predicted molar refractivity (Wildman–Crippen MR) is 99.1 cm³/mol. The molecule has 0 saturated carbocycles. The lowest BCUT2D eigenvalue weighted by Gasteiger charge is -2.12. The summed E-state index contributed by atoms with van der Waals surface area (Å²) in [6, 6.07) is 8.43. The highest BCUT2D eigenvalue weighted by molar-refractivity contribution is 5.79. The number of esters is 1. The third-order valence-electron chi connectivity index (χ3n) is 3.69. The van der Waals surface area contributed by atoms with E-state index in [9.17, 15) is 4.79 Å². The largest absolute Gasteiger partial charge is 0.469 e. The van der Waals surface area contributed by atoms with Crippen LogP contribution in [0.25, 0.3) is 0 Å². The van der Waals surface area contributed by atoms with Crippen LogP contribution in [0.1, 0.15) is 50.2 Å². The van der Waals surface area contributed by atoms with Gasteiger partial charge in [0.1, 0.15) is 0 Å². The summed E-state index contributed by atoms with van der Waals surface area (Å²) in [5.41, 5.74) is 2.45. The monoisotopic (exact) mass is 333 g/mol. The van der Waals surface area contributed by atoms with E-state index in [1.807, 2.05) is 0 Å². The molecule has 1 aromatic rings. The van der Waals surface area contributed by atoms with Crippen LogP contribution in [0, 0.1) is 6.92 Å². The first-order chi connectivity index (χ1) is 11.7. The van der Waals surface area contributed by atoms with Crippen LogP contribution in [0.15, 0.2) is 29.3 Å². The minimum absolute atomic E-state index is 0.149. The average molecular weight is 333 g/mol. The van der Waals surface area contributed by atoms with Crippen molar-refractivity contribution in [1.82, 2.24) is 10.6 Å². The Labute approximate surface area is 145 Å². The summed E-state index contributed by atoms with van der Waals surface area (Å²) in [5, 5.41) is 6.70. The molecule has 0 saturated heterocycles. The van der Waals surface area contributed by atoms with Gasteiger partial charge in [0.05, 0.1) is 13.7 Å². The molecule has 0 radical (unpaired) electrons. The summed E-state index contributed by atoms with van der Waals surface area (Å²) in [4.78, 5) is 15.7. The molecular weight excluding hydrogens is 302 g/mol. The number of methoxy groups -OCH3 is 1. The van der Waals surface area contributed by atoms with Gasteiger partial charge in [-0.1, -0.05) is 43.2 Å². The Morgan fingerprint density at radius 3 is 2.38 bits per heavy atom. The molecule has 0 bridgehead atoms. The van der Waals surface area contributed by atoms with E-state index in [-0.39, 0.29) is 5.97 Å². The van der Waals surface area contributed by atoms with Crippen LogP contribution in [0.4, 0.5) is 0 Å². The van der Waals surface area contributed by atoms with Crippen LogP contribution in [0.2, 0.25) is 0 Å². The zero-order chi connectivity index (χ0) is 17.6. The Balaban J connectivity index is 2.42. The van der Waals surface area contributed by atoms with E-state index >= 15 is 0 Å². The minimum atomic E-state index is -0.149. The van der Waals surface area contributed by atoms with E-state index in [1.54, 1.807) is 0 Å². The molecule has 0 fully saturated rings. The maximum Gasteiger partial charge on any atom is 0.305 e. The van der Waals surface area contributed by atoms with Crippen LogP contribution >= 0.6 is 0 Å². The van der Waals surface area contributed by atoms with E-state index in [0.29, 0.717) is 13.0 Å². The fourth-order valence-electron chi connectivity index (χ4n) is 2.12. The number of unbranched alkanes of at least 4 members (excludes halogenated alkanes) is 2. The highest BCUT2D eigenvalue weighted by atomic mass is 16.5. The number of hydrogen-bond acceptors (Lipinski definition) is 3. The van der Waals surface area contributed by atoms with Crippen molar-refractivity contribution in [3.8, 4) is 0 Å². The van der Waals surface area contributed by atoms with E-state index in [4.69, 9.17) is 0 Å². The summed E-state index contributed by atoms with van der Waals surface area (Å²) in [5.74, 6) is 0.687. The summed E-state index contributed by atoms with van der Waals surface area (Å²) in [6.07, 6.45) is 4.47. The van der Waals surface area contributed by atoms with Gasteiger partial charge in [-0.2, -0.15) is 0 Å². The van der Waals surface area contributed by atoms with Gasteiger partial charge in [-0.05, 0) is 31.7 Å². The highest BCUT2D eigenvalue weighted by Crippen LogP contribution is 2.04. The van der Waals surface area contributed by atoms with Gasteiger partial charge in [0.15, 0.2) is 5.96 Å². The number of carbonyl (C=O) groups is 1. The average Bonchev–Trinajstić information content (AvgIpc) is 2.60. The van der Waals surface area contributed by atoms with Gasteiger partial charge in [-0.15, -0.1) is 0 Å². The summed E-state index contributed by atoms with van der Waals surface area (Å²) in [7, 11) is 1.42. The number of aryl methyl sites for hydroxylation is 1. The molecule has 24 heavy (non-hydrogen) atoms. The Bertz CT molecular complexity index is 498. The van der Waals surface area contributed by atoms with Crippen LogP contribution in [0.3, 0.4) is 0 Å². The fraction of sp³-hybridized carbons (Fsp3) is 0.579. The molecule has 2 N–H and O–H groups in total. The molecule has 0 aromatic heterocycles. The molecule has 0 aliphatic rings. The summed E-state index contributed by atoms with van der Waals surface area (Å²) in [6.45, 7) is 6.62. The van der Waals surface area contributed by atoms with Crippen molar-refractivity contribution in [3.63, 3.8) is 0 Å². The van der Waals surface area contributed by atoms with Crippen molar-refractivity contribution in [2.75, 3.05) is 20.2 Å². The van der Waals surface area contributed by atoms with E-state index in [2.05, 4.69) is 58.5 Å². The Kier molecular flexibility index (Phi) is 10.3. The highest BCUT2D eigenvalue weighted by Gasteiger charge is 2.01. The standard InChI is InChI=1S/C19H31N3O2/c1-4-5-13-20-19(21-14-7-6-8-18(23)24-3)22-15-17-11-9-16(2)10-12-17/h9-12H,4-8,13-15H2,1-3H3,(H2,20,21,22). The molecule has 0 heterocycles. The van der Waals surface area contributed by atoms with Crippen molar-refractivity contribution < 1.29 is 9.53 Å². The van der Waals surface area contributed by atoms with Gasteiger partial charge in [0.2, 0.25) is 0 Å². The smallest absolute Gasteiger partial charge is 0.305 e. The second kappa shape index (κ2) is 12.4. The third kappa shape index (κ3) is 9.18. The molecular formula is C19H31N3O2. The fourth-order valence-corrected chi connectivity index (χ4v) is 2.12. The maximum atomic E-state index is 11.1. The lowest BCUT2D eigenvalue weighted by Crippen LogP contribution is -2.38. The Hall–Kier alpha value is -2.04. The SMILES string of the molecule is CCCCNC(=NCc1ccc(C)cc1)NCCCCC(=O)OC. The van der Waals surface area contributed by atoms with Crippen molar-refractivity contribution >= 4 is 11.9 Å². The number of nitrogens with zero attached hydrogens (tertiary/aromatic N) is 1. The van der Waals surface area contributed by atoms with Gasteiger partial charge < -0.3 is 15.4 Å². The first-order valence-corrected chi connectivity index (χ1v) is 8.80. The number of guanidine groups is 1. The van der Waals surface area contributed by atoms with E-state index < -0.39 is 0 Å². The lowest BCUT2D eigenvalue weighted by molar-refractivity contribution is -0.140. The molecule has 1 aromatic carbocycles. The number of nitrogens with one attached hydrogen (secondary N) is 2. The summed E-state index contributed by atoms with van der Waals surface area (Å²) >= 11 is 0. The second-order valence-corrected chi connectivity index (χ2v) is 5.89. The number of benzene rings is 1. The zero-order valence-electron chi connectivity index (χ0n) is 15.2. The van der Waals surface area contributed by atoms with E-state index in [0.717, 1.165) is 44.7 Å². The van der Waals surface area contributed by atoms with Crippen LogP contribution in [0.5, 0.6) is 0 Å². The zero-order valence-corrected chi connectivity index (χ0v) is 15.2. The van der Waals surface area contributed by atoms with Crippen LogP contribution < -0.4 is 10.6 Å². The van der Waals surface area contributed by atoms with Crippen molar-refractivity contribution in [3.05, 3.63) is 35.4 Å². The van der Waals surface area contributed by atoms with Crippen LogP contribution in [-0.4, -0.2) is 32.1 Å². The molecule has 0 aliphatic carbocycles. The van der Waals surface area contributed by atoms with Crippen molar-refractivity contribution in [1.29, 1.82) is 0 Å². The second-order valence-electron chi connectivity index (χ2n) is 5.89. The molecule has 1 rings (SSSR count). The van der Waals surface area contributed by atoms with Gasteiger partial charge >= 0.3 is 5.97 Å². The Morgan fingerprint density at radius 2 is 1.75 bits per heavy atom. The first-order valence-electron chi connectivity index (χ1n) is 8.80. The van der Waals surface area contributed by atoms with Gasteiger partial charge in [-0.25, -0.2) is 4.99 Å². The molecule has 0 atom stereocenters. The number of rotatable bonds is 10. The van der Waals surface area contributed by atoms with Crippen molar-refractivity contribution in [2.45, 2.75) is 52.5 Å². The van der Waals surface area contributed by atoms with Gasteiger partial charge in [0, 0.05) is 19.5 Å². The number of aliphatic imine (C=N–C) groups is 1. The Morgan fingerprint density at radius 1 is 1.08 bits per heavy atom. The van der Waals surface area contributed by atoms with Gasteiger partial charge in [0.25, 0.3) is 0 Å². The quantitative estimate of drug-likeness (QED) is 0.299. The first kappa shape index (κ1) is 20.0. The van der Waals surface area contributed by atoms with Crippen molar-refractivity contribution in [2.24, 2.45) is 4.99 Å². The molecule has 5 nitrogen and oxygen atoms in total. The molecule has 134 valence electrons. The predicted octanol–water partition coefficient (Wildman–Crippen LogP) is 3.17. The topological polar surface area (TPSA) is 62.7 Å². The van der Waals surface area contributed by atoms with Gasteiger partial charge in [-0.3, -0.25) is 4.79 Å². The number of carbonyl (C=O) groups excluding carboxylic acids is 1. The van der Waals surface area contributed by atoms with Crippen LogP contribution in [-0.2, 0) is 16.1 Å². The lowest BCUT2D eigenvalue weighted by atomic mass is 10.1. The maximum absolute atomic E-state index is 11.1. The molecule has 0 spiro atoms.